The standard InChI is InChI=1S/C24H33N3O4/c1-3-26(4-2)20(21-8-6-12-29-21)16-25-24(28)17-27-11-5-7-19(27)18-9-10-22-23(15-18)31-14-13-30-22/h6,8-10,12,15,19-20H,3-5,7,11,13-14,16-17H2,1-2H3,(H,25,28). The van der Waals surface area contributed by atoms with Crippen LogP contribution in [-0.4, -0.2) is 61.6 Å². The van der Waals surface area contributed by atoms with Crippen molar-refractivity contribution in [2.75, 3.05) is 45.9 Å². The number of carbonyl (C=O) groups excluding carboxylic acids is 1. The summed E-state index contributed by atoms with van der Waals surface area (Å²) in [5.41, 5.74) is 1.19. The summed E-state index contributed by atoms with van der Waals surface area (Å²) < 4.78 is 17.0. The summed E-state index contributed by atoms with van der Waals surface area (Å²) in [7, 11) is 0. The van der Waals surface area contributed by atoms with Gasteiger partial charge in [0.05, 0.1) is 18.8 Å². The van der Waals surface area contributed by atoms with Crippen LogP contribution in [0.1, 0.15) is 50.1 Å². The zero-order valence-electron chi connectivity index (χ0n) is 18.5. The Labute approximate surface area is 184 Å². The van der Waals surface area contributed by atoms with Crippen molar-refractivity contribution in [3.05, 3.63) is 47.9 Å². The second-order valence-corrected chi connectivity index (χ2v) is 8.09. The van der Waals surface area contributed by atoms with Gasteiger partial charge in [-0.3, -0.25) is 14.6 Å². The van der Waals surface area contributed by atoms with E-state index in [1.807, 2.05) is 18.2 Å². The van der Waals surface area contributed by atoms with E-state index in [9.17, 15) is 4.79 Å². The van der Waals surface area contributed by atoms with E-state index in [0.717, 1.165) is 49.7 Å². The summed E-state index contributed by atoms with van der Waals surface area (Å²) in [6.45, 7) is 9.08. The number of hydrogen-bond acceptors (Lipinski definition) is 6. The molecule has 2 aliphatic heterocycles. The highest BCUT2D eigenvalue weighted by Gasteiger charge is 2.29. The molecule has 1 N–H and O–H groups in total. The van der Waals surface area contributed by atoms with Crippen LogP contribution in [0.25, 0.3) is 0 Å². The smallest absolute Gasteiger partial charge is 0.234 e. The van der Waals surface area contributed by atoms with Gasteiger partial charge in [-0.05, 0) is 62.3 Å². The first kappa shape index (κ1) is 21.7. The third-order valence-electron chi connectivity index (χ3n) is 6.28. The molecular formula is C24H33N3O4. The number of hydrogen-bond donors (Lipinski definition) is 1. The fourth-order valence-corrected chi connectivity index (χ4v) is 4.67. The number of nitrogens with one attached hydrogen (secondary N) is 1. The Balaban J connectivity index is 1.37. The molecular weight excluding hydrogens is 394 g/mol. The van der Waals surface area contributed by atoms with Crippen LogP contribution in [0.2, 0.25) is 0 Å². The van der Waals surface area contributed by atoms with Crippen LogP contribution in [-0.2, 0) is 4.79 Å². The van der Waals surface area contributed by atoms with Crippen LogP contribution in [0.15, 0.2) is 41.0 Å². The molecule has 2 aliphatic rings. The molecule has 2 unspecified atom stereocenters. The van der Waals surface area contributed by atoms with Gasteiger partial charge < -0.3 is 19.2 Å². The van der Waals surface area contributed by atoms with Gasteiger partial charge in [-0.15, -0.1) is 0 Å². The van der Waals surface area contributed by atoms with E-state index in [1.54, 1.807) is 6.26 Å². The van der Waals surface area contributed by atoms with E-state index in [-0.39, 0.29) is 18.0 Å². The zero-order valence-corrected chi connectivity index (χ0v) is 18.5. The van der Waals surface area contributed by atoms with Crippen LogP contribution in [0.5, 0.6) is 11.5 Å². The van der Waals surface area contributed by atoms with Gasteiger partial charge in [0.2, 0.25) is 5.91 Å². The molecule has 1 amide bonds. The monoisotopic (exact) mass is 427 g/mol. The predicted molar refractivity (Wildman–Crippen MR) is 118 cm³/mol. The Kier molecular flexibility index (Phi) is 7.14. The van der Waals surface area contributed by atoms with Crippen LogP contribution in [0.4, 0.5) is 0 Å². The van der Waals surface area contributed by atoms with E-state index < -0.39 is 0 Å². The van der Waals surface area contributed by atoms with Crippen molar-refractivity contribution in [1.82, 2.24) is 15.1 Å². The largest absolute Gasteiger partial charge is 0.486 e. The van der Waals surface area contributed by atoms with E-state index in [2.05, 4.69) is 41.1 Å². The topological polar surface area (TPSA) is 67.2 Å². The van der Waals surface area contributed by atoms with Crippen LogP contribution in [0.3, 0.4) is 0 Å². The van der Waals surface area contributed by atoms with Gasteiger partial charge in [0.25, 0.3) is 0 Å². The Morgan fingerprint density at radius 3 is 2.74 bits per heavy atom. The van der Waals surface area contributed by atoms with Gasteiger partial charge in [-0.1, -0.05) is 19.9 Å². The van der Waals surface area contributed by atoms with Gasteiger partial charge >= 0.3 is 0 Å². The summed E-state index contributed by atoms with van der Waals surface area (Å²) in [6, 6.07) is 10.3. The molecule has 7 heteroatoms. The lowest BCUT2D eigenvalue weighted by Crippen LogP contribution is -2.42. The van der Waals surface area contributed by atoms with E-state index in [4.69, 9.17) is 13.9 Å². The second-order valence-electron chi connectivity index (χ2n) is 8.09. The summed E-state index contributed by atoms with van der Waals surface area (Å²) >= 11 is 0. The number of likely N-dealkylation sites (tertiary alicyclic amines) is 1. The third-order valence-corrected chi connectivity index (χ3v) is 6.28. The van der Waals surface area contributed by atoms with Crippen molar-refractivity contribution in [1.29, 1.82) is 0 Å². The molecule has 168 valence electrons. The highest BCUT2D eigenvalue weighted by Crippen LogP contribution is 2.37. The molecule has 31 heavy (non-hydrogen) atoms. The average Bonchev–Trinajstić information content (AvgIpc) is 3.49. The Morgan fingerprint density at radius 2 is 2.00 bits per heavy atom. The quantitative estimate of drug-likeness (QED) is 0.662. The fourth-order valence-electron chi connectivity index (χ4n) is 4.67. The number of furan rings is 1. The van der Waals surface area contributed by atoms with Crippen molar-refractivity contribution in [3.63, 3.8) is 0 Å². The maximum Gasteiger partial charge on any atom is 0.234 e. The van der Waals surface area contributed by atoms with E-state index in [1.165, 1.54) is 5.56 Å². The molecule has 1 aromatic carbocycles. The molecule has 0 saturated carbocycles. The molecule has 2 aromatic rings. The number of amides is 1. The van der Waals surface area contributed by atoms with Crippen LogP contribution < -0.4 is 14.8 Å². The van der Waals surface area contributed by atoms with Crippen molar-refractivity contribution in [3.8, 4) is 11.5 Å². The molecule has 7 nitrogen and oxygen atoms in total. The third kappa shape index (κ3) is 5.05. The first-order chi connectivity index (χ1) is 15.2. The number of likely N-dealkylation sites (N-methyl/N-ethyl adjacent to an activating group) is 1. The van der Waals surface area contributed by atoms with E-state index in [0.29, 0.717) is 26.3 Å². The molecule has 3 heterocycles. The van der Waals surface area contributed by atoms with Crippen molar-refractivity contribution >= 4 is 5.91 Å². The highest BCUT2D eigenvalue weighted by atomic mass is 16.6. The molecule has 1 saturated heterocycles. The average molecular weight is 428 g/mol. The molecule has 0 bridgehead atoms. The van der Waals surface area contributed by atoms with Gasteiger partial charge in [0.15, 0.2) is 11.5 Å². The lowest BCUT2D eigenvalue weighted by molar-refractivity contribution is -0.122. The molecule has 0 spiro atoms. The summed E-state index contributed by atoms with van der Waals surface area (Å²) in [4.78, 5) is 17.4. The van der Waals surface area contributed by atoms with Crippen molar-refractivity contribution in [2.24, 2.45) is 0 Å². The minimum Gasteiger partial charge on any atom is -0.486 e. The van der Waals surface area contributed by atoms with Gasteiger partial charge in [-0.2, -0.15) is 0 Å². The minimum absolute atomic E-state index is 0.0427. The number of fused-ring (bicyclic) bond motifs is 1. The Morgan fingerprint density at radius 1 is 1.19 bits per heavy atom. The molecule has 1 fully saturated rings. The number of nitrogens with zero attached hydrogens (tertiary/aromatic N) is 2. The first-order valence-electron chi connectivity index (χ1n) is 11.4. The number of benzene rings is 1. The Hall–Kier alpha value is -2.51. The van der Waals surface area contributed by atoms with Crippen LogP contribution in [0, 0.1) is 0 Å². The number of ether oxygens (including phenoxy) is 2. The molecule has 4 rings (SSSR count). The maximum absolute atomic E-state index is 12.8. The van der Waals surface area contributed by atoms with E-state index >= 15 is 0 Å². The normalized spacial score (nSPS) is 19.5. The zero-order chi connectivity index (χ0) is 21.6. The highest BCUT2D eigenvalue weighted by molar-refractivity contribution is 5.78. The molecule has 1 aromatic heterocycles. The fraction of sp³-hybridized carbons (Fsp3) is 0.542. The summed E-state index contributed by atoms with van der Waals surface area (Å²) in [5, 5.41) is 3.14. The van der Waals surface area contributed by atoms with Gasteiger partial charge in [0, 0.05) is 12.6 Å². The lowest BCUT2D eigenvalue weighted by Gasteiger charge is -2.29. The molecule has 2 atom stereocenters. The van der Waals surface area contributed by atoms with Crippen molar-refractivity contribution in [2.45, 2.75) is 38.8 Å². The van der Waals surface area contributed by atoms with Gasteiger partial charge in [0.1, 0.15) is 19.0 Å². The van der Waals surface area contributed by atoms with Crippen LogP contribution >= 0.6 is 0 Å². The maximum atomic E-state index is 12.8. The minimum atomic E-state index is 0.0427. The van der Waals surface area contributed by atoms with Crippen molar-refractivity contribution < 1.29 is 18.7 Å². The summed E-state index contributed by atoms with van der Waals surface area (Å²) in [6.07, 6.45) is 3.82. The predicted octanol–water partition coefficient (Wildman–Crippen LogP) is 3.39. The SMILES string of the molecule is CCN(CC)C(CNC(=O)CN1CCCC1c1ccc2c(c1)OCCO2)c1ccco1. The Bertz CT molecular complexity index is 851. The molecule has 0 aliphatic carbocycles. The second kappa shape index (κ2) is 10.2. The van der Waals surface area contributed by atoms with Gasteiger partial charge in [-0.25, -0.2) is 0 Å². The first-order valence-corrected chi connectivity index (χ1v) is 11.4. The molecule has 0 radical (unpaired) electrons. The number of carbonyl (C=O) groups is 1. The summed E-state index contributed by atoms with van der Waals surface area (Å²) in [5.74, 6) is 2.55. The lowest BCUT2D eigenvalue weighted by atomic mass is 10.0. The number of rotatable bonds is 9.